The fraction of sp³-hybridized carbons (Fsp3) is 0.900. The Hall–Kier alpha value is -0.690. The molecule has 1 amide bonds. The normalized spacial score (nSPS) is 27.7. The van der Waals surface area contributed by atoms with Gasteiger partial charge in [0.15, 0.2) is 0 Å². The molecular formula is C10H17FN2O3S. The van der Waals surface area contributed by atoms with Crippen LogP contribution in [0, 0.1) is 5.92 Å². The zero-order valence-corrected chi connectivity index (χ0v) is 10.4. The molecule has 0 saturated carbocycles. The number of rotatable bonds is 3. The van der Waals surface area contributed by atoms with E-state index in [9.17, 15) is 17.1 Å². The molecule has 2 aliphatic rings. The number of nitrogens with zero attached hydrogens (tertiary/aromatic N) is 1. The van der Waals surface area contributed by atoms with E-state index in [2.05, 4.69) is 5.32 Å². The lowest BCUT2D eigenvalue weighted by molar-refractivity contribution is -0.130. The lowest BCUT2D eigenvalue weighted by atomic mass is 10.1. The predicted molar refractivity (Wildman–Crippen MR) is 60.6 cm³/mol. The third-order valence-electron chi connectivity index (χ3n) is 3.42. The minimum absolute atomic E-state index is 0.0365. The number of halogens is 1. The Balaban J connectivity index is 1.95. The van der Waals surface area contributed by atoms with E-state index >= 15 is 0 Å². The molecule has 0 bridgehead atoms. The van der Waals surface area contributed by atoms with Crippen molar-refractivity contribution in [3.05, 3.63) is 0 Å². The Morgan fingerprint density at radius 3 is 2.59 bits per heavy atom. The Labute approximate surface area is 101 Å². The molecule has 0 aromatic heterocycles. The molecule has 1 atom stereocenters. The van der Waals surface area contributed by atoms with Gasteiger partial charge in [0.2, 0.25) is 5.91 Å². The summed E-state index contributed by atoms with van der Waals surface area (Å²) in [6.07, 6.45) is 1.94. The minimum atomic E-state index is -4.48. The second-order valence-electron chi connectivity index (χ2n) is 4.80. The van der Waals surface area contributed by atoms with Crippen LogP contribution in [-0.4, -0.2) is 50.7 Å². The van der Waals surface area contributed by atoms with Crippen molar-refractivity contribution < 1.29 is 17.1 Å². The number of amides is 1. The molecular weight excluding hydrogens is 247 g/mol. The van der Waals surface area contributed by atoms with Crippen molar-refractivity contribution in [2.24, 2.45) is 5.92 Å². The van der Waals surface area contributed by atoms with Gasteiger partial charge in [-0.25, -0.2) is 0 Å². The summed E-state index contributed by atoms with van der Waals surface area (Å²) >= 11 is 0. The lowest BCUT2D eigenvalue weighted by Gasteiger charge is -2.31. The molecule has 2 rings (SSSR count). The molecule has 2 heterocycles. The van der Waals surface area contributed by atoms with E-state index in [1.165, 1.54) is 0 Å². The van der Waals surface area contributed by atoms with Gasteiger partial charge in [-0.15, -0.1) is 3.89 Å². The van der Waals surface area contributed by atoms with E-state index in [-0.39, 0.29) is 24.3 Å². The molecule has 2 saturated heterocycles. The molecule has 0 spiro atoms. The molecule has 0 aromatic rings. The predicted octanol–water partition coefficient (Wildman–Crippen LogP) is -0.114. The molecule has 2 fully saturated rings. The van der Waals surface area contributed by atoms with Crippen LogP contribution in [-0.2, 0) is 15.0 Å². The van der Waals surface area contributed by atoms with Crippen LogP contribution in [0.15, 0.2) is 0 Å². The maximum Gasteiger partial charge on any atom is 0.302 e. The van der Waals surface area contributed by atoms with Crippen molar-refractivity contribution in [1.29, 1.82) is 0 Å². The first-order chi connectivity index (χ1) is 7.96. The molecule has 98 valence electrons. The number of carbonyl (C=O) groups excluding carboxylic acids is 1. The molecule has 17 heavy (non-hydrogen) atoms. The number of hydrogen-bond donors (Lipinski definition) is 1. The third-order valence-corrected chi connectivity index (χ3v) is 4.29. The standard InChI is InChI=1S/C10H17FN2O3S/c11-17(15,16)7-8-5-10(14)13(6-8)9-1-3-12-4-2-9/h8-9,12H,1-7H2. The fourth-order valence-electron chi connectivity index (χ4n) is 2.67. The van der Waals surface area contributed by atoms with Crippen LogP contribution in [0.1, 0.15) is 19.3 Å². The van der Waals surface area contributed by atoms with Crippen LogP contribution >= 0.6 is 0 Å². The van der Waals surface area contributed by atoms with Crippen LogP contribution in [0.2, 0.25) is 0 Å². The van der Waals surface area contributed by atoms with E-state index in [0.29, 0.717) is 6.54 Å². The summed E-state index contributed by atoms with van der Waals surface area (Å²) in [6.45, 7) is 2.13. The van der Waals surface area contributed by atoms with E-state index in [1.807, 2.05) is 0 Å². The van der Waals surface area contributed by atoms with Crippen molar-refractivity contribution in [2.75, 3.05) is 25.4 Å². The highest BCUT2D eigenvalue weighted by atomic mass is 32.3. The minimum Gasteiger partial charge on any atom is -0.339 e. The van der Waals surface area contributed by atoms with E-state index in [1.54, 1.807) is 4.90 Å². The number of hydrogen-bond acceptors (Lipinski definition) is 4. The van der Waals surface area contributed by atoms with Crippen LogP contribution in [0.25, 0.3) is 0 Å². The molecule has 7 heteroatoms. The highest BCUT2D eigenvalue weighted by molar-refractivity contribution is 7.86. The lowest BCUT2D eigenvalue weighted by Crippen LogP contribution is -2.44. The zero-order valence-electron chi connectivity index (χ0n) is 9.56. The maximum absolute atomic E-state index is 12.6. The summed E-state index contributed by atoms with van der Waals surface area (Å²) in [7, 11) is -4.48. The second kappa shape index (κ2) is 4.89. The van der Waals surface area contributed by atoms with Crippen molar-refractivity contribution in [2.45, 2.75) is 25.3 Å². The van der Waals surface area contributed by atoms with Gasteiger partial charge < -0.3 is 10.2 Å². The summed E-state index contributed by atoms with van der Waals surface area (Å²) in [6, 6.07) is 0.191. The molecule has 0 radical (unpaired) electrons. The van der Waals surface area contributed by atoms with Crippen molar-refractivity contribution in [3.8, 4) is 0 Å². The Kier molecular flexibility index (Phi) is 3.67. The van der Waals surface area contributed by atoms with Crippen LogP contribution in [0.3, 0.4) is 0 Å². The molecule has 5 nitrogen and oxygen atoms in total. The molecule has 2 aliphatic heterocycles. The number of likely N-dealkylation sites (tertiary alicyclic amines) is 1. The van der Waals surface area contributed by atoms with E-state index < -0.39 is 16.0 Å². The first-order valence-corrected chi connectivity index (χ1v) is 7.43. The van der Waals surface area contributed by atoms with Gasteiger partial charge in [0.25, 0.3) is 0 Å². The zero-order chi connectivity index (χ0) is 12.5. The summed E-state index contributed by atoms with van der Waals surface area (Å²) in [5.41, 5.74) is 0. The van der Waals surface area contributed by atoms with Gasteiger partial charge in [0, 0.05) is 24.9 Å². The monoisotopic (exact) mass is 264 g/mol. The van der Waals surface area contributed by atoms with E-state index in [0.717, 1.165) is 25.9 Å². The maximum atomic E-state index is 12.6. The van der Waals surface area contributed by atoms with Gasteiger partial charge in [0.05, 0.1) is 5.75 Å². The molecule has 1 unspecified atom stereocenters. The smallest absolute Gasteiger partial charge is 0.302 e. The first kappa shape index (κ1) is 12.8. The van der Waals surface area contributed by atoms with Crippen molar-refractivity contribution in [3.63, 3.8) is 0 Å². The number of carbonyl (C=O) groups is 1. The van der Waals surface area contributed by atoms with Gasteiger partial charge >= 0.3 is 10.2 Å². The Morgan fingerprint density at radius 2 is 2.00 bits per heavy atom. The number of nitrogens with one attached hydrogen (secondary N) is 1. The quantitative estimate of drug-likeness (QED) is 0.722. The average molecular weight is 264 g/mol. The average Bonchev–Trinajstić information content (AvgIpc) is 2.58. The molecule has 0 aliphatic carbocycles. The van der Waals surface area contributed by atoms with Crippen LogP contribution in [0.5, 0.6) is 0 Å². The van der Waals surface area contributed by atoms with Gasteiger partial charge in [-0.1, -0.05) is 0 Å². The highest BCUT2D eigenvalue weighted by Crippen LogP contribution is 2.25. The van der Waals surface area contributed by atoms with Gasteiger partial charge in [-0.2, -0.15) is 8.42 Å². The highest BCUT2D eigenvalue weighted by Gasteiger charge is 2.36. The summed E-state index contributed by atoms with van der Waals surface area (Å²) in [4.78, 5) is 13.5. The Bertz CT molecular complexity index is 392. The molecule has 0 aromatic carbocycles. The van der Waals surface area contributed by atoms with Crippen molar-refractivity contribution >= 4 is 16.1 Å². The summed E-state index contributed by atoms with van der Waals surface area (Å²) in [5, 5.41) is 3.21. The van der Waals surface area contributed by atoms with Crippen LogP contribution in [0.4, 0.5) is 3.89 Å². The summed E-state index contributed by atoms with van der Waals surface area (Å²) < 4.78 is 33.7. The van der Waals surface area contributed by atoms with Gasteiger partial charge in [-0.3, -0.25) is 4.79 Å². The Morgan fingerprint density at radius 1 is 1.35 bits per heavy atom. The largest absolute Gasteiger partial charge is 0.339 e. The van der Waals surface area contributed by atoms with Crippen molar-refractivity contribution in [1.82, 2.24) is 10.2 Å². The van der Waals surface area contributed by atoms with E-state index in [4.69, 9.17) is 0 Å². The van der Waals surface area contributed by atoms with Crippen LogP contribution < -0.4 is 5.32 Å². The van der Waals surface area contributed by atoms with Gasteiger partial charge in [-0.05, 0) is 25.9 Å². The third kappa shape index (κ3) is 3.38. The first-order valence-electron chi connectivity index (χ1n) is 5.88. The second-order valence-corrected chi connectivity index (χ2v) is 6.21. The van der Waals surface area contributed by atoms with Gasteiger partial charge in [0.1, 0.15) is 0 Å². The molecule has 1 N–H and O–H groups in total. The topological polar surface area (TPSA) is 66.5 Å². The number of piperidine rings is 1. The fourth-order valence-corrected chi connectivity index (χ4v) is 3.46. The SMILES string of the molecule is O=C1CC(CS(=O)(=O)F)CN1C1CCNCC1. The summed E-state index contributed by atoms with van der Waals surface area (Å²) in [5.74, 6) is -0.946.